The van der Waals surface area contributed by atoms with Crippen molar-refractivity contribution in [3.8, 4) is 16.9 Å². The number of hydrogen-bond acceptors (Lipinski definition) is 2. The third-order valence-electron chi connectivity index (χ3n) is 5.17. The predicted molar refractivity (Wildman–Crippen MR) is 119 cm³/mol. The summed E-state index contributed by atoms with van der Waals surface area (Å²) in [5, 5.41) is 2.36. The Balaban J connectivity index is 1.64. The quantitative estimate of drug-likeness (QED) is 0.356. The van der Waals surface area contributed by atoms with Crippen molar-refractivity contribution < 1.29 is 4.74 Å². The number of unbranched alkanes of at least 4 members (excludes halogenated alkanes) is 3. The van der Waals surface area contributed by atoms with E-state index < -0.39 is 0 Å². The van der Waals surface area contributed by atoms with Crippen molar-refractivity contribution in [2.75, 3.05) is 7.11 Å². The molecule has 0 aliphatic rings. The molecule has 0 spiro atoms. The van der Waals surface area contributed by atoms with E-state index in [1.165, 1.54) is 35.8 Å². The van der Waals surface area contributed by atoms with Gasteiger partial charge < -0.3 is 9.72 Å². The Morgan fingerprint density at radius 3 is 2.54 bits per heavy atom. The van der Waals surface area contributed by atoms with Crippen molar-refractivity contribution in [1.29, 1.82) is 0 Å². The predicted octanol–water partition coefficient (Wildman–Crippen LogP) is 6.99. The van der Waals surface area contributed by atoms with Gasteiger partial charge in [-0.3, -0.25) is 0 Å². The van der Waals surface area contributed by atoms with Gasteiger partial charge in [0.15, 0.2) is 0 Å². The zero-order valence-corrected chi connectivity index (χ0v) is 16.5. The molecule has 0 radical (unpaired) electrons. The number of nitrogens with one attached hydrogen (secondary N) is 1. The molecule has 0 saturated carbocycles. The lowest BCUT2D eigenvalue weighted by atomic mass is 10.0. The van der Waals surface area contributed by atoms with Gasteiger partial charge in [-0.25, -0.2) is 4.98 Å². The molecule has 0 aliphatic carbocycles. The van der Waals surface area contributed by atoms with Gasteiger partial charge >= 0.3 is 0 Å². The second kappa shape index (κ2) is 8.30. The average Bonchev–Trinajstić information content (AvgIpc) is 3.10. The first-order chi connectivity index (χ1) is 13.8. The van der Waals surface area contributed by atoms with Gasteiger partial charge in [-0.2, -0.15) is 0 Å². The number of ether oxygens (including phenoxy) is 1. The monoisotopic (exact) mass is 370 g/mol. The second-order valence-electron chi connectivity index (χ2n) is 7.14. The molecule has 142 valence electrons. The van der Waals surface area contributed by atoms with E-state index in [-0.39, 0.29) is 0 Å². The largest absolute Gasteiger partial charge is 0.497 e. The first-order valence-electron chi connectivity index (χ1n) is 10.0. The summed E-state index contributed by atoms with van der Waals surface area (Å²) in [4.78, 5) is 8.26. The van der Waals surface area contributed by atoms with Gasteiger partial charge in [-0.1, -0.05) is 44.0 Å². The Labute approximate surface area is 166 Å². The highest BCUT2D eigenvalue weighted by molar-refractivity contribution is 6.07. The molecule has 0 amide bonds. The Bertz CT molecular complexity index is 1110. The summed E-state index contributed by atoms with van der Waals surface area (Å²) in [5.74, 6) is 0.872. The summed E-state index contributed by atoms with van der Waals surface area (Å²) in [6, 6.07) is 19.0. The van der Waals surface area contributed by atoms with E-state index in [0.29, 0.717) is 0 Å². The third-order valence-corrected chi connectivity index (χ3v) is 5.17. The van der Waals surface area contributed by atoms with Gasteiger partial charge in [-0.05, 0) is 66.4 Å². The molecule has 0 fully saturated rings. The van der Waals surface area contributed by atoms with Crippen molar-refractivity contribution in [1.82, 2.24) is 9.97 Å². The van der Waals surface area contributed by atoms with Crippen LogP contribution in [0.3, 0.4) is 0 Å². The van der Waals surface area contributed by atoms with Crippen molar-refractivity contribution in [3.05, 3.63) is 66.4 Å². The minimum Gasteiger partial charge on any atom is -0.497 e. The van der Waals surface area contributed by atoms with Crippen LogP contribution in [0.4, 0.5) is 0 Å². The van der Waals surface area contributed by atoms with Crippen LogP contribution in [-0.4, -0.2) is 17.1 Å². The molecule has 4 aromatic rings. The smallest absolute Gasteiger partial charge is 0.139 e. The maximum Gasteiger partial charge on any atom is 0.139 e. The number of aromatic amines is 1. The molecule has 28 heavy (non-hydrogen) atoms. The summed E-state index contributed by atoms with van der Waals surface area (Å²) < 4.78 is 5.26. The van der Waals surface area contributed by atoms with Crippen molar-refractivity contribution in [3.63, 3.8) is 0 Å². The number of methoxy groups -OCH3 is 1. The number of allylic oxidation sites excluding steroid dienone is 1. The molecular weight excluding hydrogens is 344 g/mol. The van der Waals surface area contributed by atoms with Crippen LogP contribution in [0.2, 0.25) is 0 Å². The maximum atomic E-state index is 5.26. The summed E-state index contributed by atoms with van der Waals surface area (Å²) in [7, 11) is 1.69. The molecule has 2 heterocycles. The molecule has 0 unspecified atom stereocenters. The molecule has 4 rings (SSSR count). The zero-order valence-electron chi connectivity index (χ0n) is 16.5. The molecule has 0 saturated heterocycles. The average molecular weight is 370 g/mol. The van der Waals surface area contributed by atoms with E-state index in [0.717, 1.165) is 34.4 Å². The van der Waals surface area contributed by atoms with E-state index in [9.17, 15) is 0 Å². The molecule has 3 heteroatoms. The van der Waals surface area contributed by atoms with Gasteiger partial charge in [0.2, 0.25) is 0 Å². The number of benzene rings is 2. The molecule has 0 bridgehead atoms. The number of hydrogen-bond donors (Lipinski definition) is 1. The molecule has 3 nitrogen and oxygen atoms in total. The van der Waals surface area contributed by atoms with E-state index >= 15 is 0 Å². The topological polar surface area (TPSA) is 37.9 Å². The highest BCUT2D eigenvalue weighted by Gasteiger charge is 2.08. The second-order valence-corrected chi connectivity index (χ2v) is 7.14. The Kier molecular flexibility index (Phi) is 5.43. The minimum absolute atomic E-state index is 0.872. The molecule has 0 aliphatic heterocycles. The van der Waals surface area contributed by atoms with E-state index in [1.54, 1.807) is 7.11 Å². The first kappa shape index (κ1) is 18.3. The van der Waals surface area contributed by atoms with Crippen molar-refractivity contribution >= 4 is 28.0 Å². The van der Waals surface area contributed by atoms with Crippen molar-refractivity contribution in [2.24, 2.45) is 0 Å². The van der Waals surface area contributed by atoms with Crippen LogP contribution < -0.4 is 4.74 Å². The summed E-state index contributed by atoms with van der Waals surface area (Å²) in [6.07, 6.45) is 9.26. The van der Waals surface area contributed by atoms with Crippen LogP contribution in [0.15, 0.2) is 60.7 Å². The van der Waals surface area contributed by atoms with E-state index in [4.69, 9.17) is 9.72 Å². The van der Waals surface area contributed by atoms with Gasteiger partial charge in [0.1, 0.15) is 11.4 Å². The normalized spacial score (nSPS) is 11.6. The van der Waals surface area contributed by atoms with Gasteiger partial charge in [0, 0.05) is 16.3 Å². The standard InChI is InChI=1S/C25H26N2O/c1-3-4-5-6-7-8-20-12-15-22-23-17-19(11-16-24(23)27-25(22)26-20)18-9-13-21(28-2)14-10-18/h7-17H,3-6H2,1-2H3,(H,26,27)/b8-7+. The number of rotatable bonds is 7. The third kappa shape index (κ3) is 3.79. The number of pyridine rings is 1. The van der Waals surface area contributed by atoms with E-state index in [2.05, 4.69) is 66.5 Å². The van der Waals surface area contributed by atoms with Gasteiger partial charge in [-0.15, -0.1) is 0 Å². The Morgan fingerprint density at radius 2 is 1.75 bits per heavy atom. The van der Waals surface area contributed by atoms with E-state index in [1.807, 2.05) is 12.1 Å². The summed E-state index contributed by atoms with van der Waals surface area (Å²) in [6.45, 7) is 2.23. The van der Waals surface area contributed by atoms with Crippen LogP contribution >= 0.6 is 0 Å². The highest BCUT2D eigenvalue weighted by atomic mass is 16.5. The fourth-order valence-corrected chi connectivity index (χ4v) is 3.56. The fourth-order valence-electron chi connectivity index (χ4n) is 3.56. The molecule has 2 aromatic heterocycles. The summed E-state index contributed by atoms with van der Waals surface area (Å²) >= 11 is 0. The number of H-pyrrole nitrogens is 1. The van der Waals surface area contributed by atoms with Gasteiger partial charge in [0.05, 0.1) is 12.8 Å². The Hall–Kier alpha value is -3.07. The minimum atomic E-state index is 0.872. The lowest BCUT2D eigenvalue weighted by Crippen LogP contribution is -1.83. The van der Waals surface area contributed by atoms with Crippen LogP contribution in [0.25, 0.3) is 39.1 Å². The lowest BCUT2D eigenvalue weighted by Gasteiger charge is -2.04. The molecule has 2 aromatic carbocycles. The van der Waals surface area contributed by atoms with Gasteiger partial charge in [0.25, 0.3) is 0 Å². The number of aromatic nitrogens is 2. The highest BCUT2D eigenvalue weighted by Crippen LogP contribution is 2.30. The lowest BCUT2D eigenvalue weighted by molar-refractivity contribution is 0.415. The zero-order chi connectivity index (χ0) is 19.3. The Morgan fingerprint density at radius 1 is 0.929 bits per heavy atom. The maximum absolute atomic E-state index is 5.26. The first-order valence-corrected chi connectivity index (χ1v) is 10.0. The molecule has 1 N–H and O–H groups in total. The van der Waals surface area contributed by atoms with Crippen molar-refractivity contribution in [2.45, 2.75) is 32.6 Å². The number of nitrogens with zero attached hydrogens (tertiary/aromatic N) is 1. The summed E-state index contributed by atoms with van der Waals surface area (Å²) in [5.41, 5.74) is 5.43. The molecular formula is C25H26N2O. The molecule has 0 atom stereocenters. The van der Waals surface area contributed by atoms with Crippen LogP contribution in [-0.2, 0) is 0 Å². The van der Waals surface area contributed by atoms with Crippen LogP contribution in [0.1, 0.15) is 38.3 Å². The van der Waals surface area contributed by atoms with Crippen LogP contribution in [0.5, 0.6) is 5.75 Å². The fraction of sp³-hybridized carbons (Fsp3) is 0.240. The number of fused-ring (bicyclic) bond motifs is 3. The SMILES string of the molecule is CCCCC/C=C/c1ccc2c(n1)[nH]c1ccc(-c3ccc(OC)cc3)cc12. The van der Waals surface area contributed by atoms with Crippen LogP contribution in [0, 0.1) is 0 Å².